The summed E-state index contributed by atoms with van der Waals surface area (Å²) in [4.78, 5) is 12.1. The number of nitrogens with zero attached hydrogens (tertiary/aromatic N) is 3. The van der Waals surface area contributed by atoms with Crippen LogP contribution in [0.4, 0.5) is 17.3 Å². The molecule has 33 heavy (non-hydrogen) atoms. The molecule has 2 aromatic heterocycles. The Morgan fingerprint density at radius 3 is 1.94 bits per heavy atom. The first-order chi connectivity index (χ1) is 15.8. The third-order valence-corrected chi connectivity index (χ3v) is 5.35. The summed E-state index contributed by atoms with van der Waals surface area (Å²) >= 11 is 0. The van der Waals surface area contributed by atoms with Gasteiger partial charge >= 0.3 is 0 Å². The van der Waals surface area contributed by atoms with Gasteiger partial charge in [0.05, 0.1) is 5.69 Å². The van der Waals surface area contributed by atoms with E-state index in [0.29, 0.717) is 0 Å². The van der Waals surface area contributed by atoms with Crippen LogP contribution in [0.3, 0.4) is 0 Å². The Kier molecular flexibility index (Phi) is 7.12. The molecule has 2 heterocycles. The fourth-order valence-electron chi connectivity index (χ4n) is 3.77. The number of para-hydroxylation sites is 1. The van der Waals surface area contributed by atoms with E-state index in [1.165, 1.54) is 5.56 Å². The van der Waals surface area contributed by atoms with E-state index in [-0.39, 0.29) is 21.1 Å². The summed E-state index contributed by atoms with van der Waals surface area (Å²) in [5.74, 6) is 1.62. The zero-order valence-electron chi connectivity index (χ0n) is 18.1. The van der Waals surface area contributed by atoms with Crippen molar-refractivity contribution in [2.75, 3.05) is 4.90 Å². The van der Waals surface area contributed by atoms with Gasteiger partial charge in [-0.3, -0.25) is 9.88 Å². The Labute approximate surface area is 209 Å². The van der Waals surface area contributed by atoms with Crippen molar-refractivity contribution in [2.45, 2.75) is 6.92 Å². The minimum absolute atomic E-state index is 0. The zero-order valence-corrected chi connectivity index (χ0v) is 20.4. The predicted octanol–water partition coefficient (Wildman–Crippen LogP) is 7.39. The van der Waals surface area contributed by atoms with Gasteiger partial charge in [0, 0.05) is 32.3 Å². The normalized spacial score (nSPS) is 10.3. The van der Waals surface area contributed by atoms with Gasteiger partial charge in [-0.25, -0.2) is 4.98 Å². The molecule has 3 nitrogen and oxygen atoms in total. The van der Waals surface area contributed by atoms with Crippen LogP contribution in [-0.2, 0) is 21.1 Å². The standard InChI is InChI=1S/C29H22N3.Pt/c1-22-12-8-9-17-25(22)27-19-11-21-29(31-27)32(24-15-6-3-7-16-24)28-20-10-18-26(30-28)23-13-4-2-5-14-23;/h2-13,15-21H,1H3;/q-1;. The summed E-state index contributed by atoms with van der Waals surface area (Å²) in [6, 6.07) is 41.9. The van der Waals surface area contributed by atoms with E-state index in [4.69, 9.17) is 9.97 Å². The summed E-state index contributed by atoms with van der Waals surface area (Å²) in [6.07, 6.45) is 0. The smallest absolute Gasteiger partial charge is 0.139 e. The van der Waals surface area contributed by atoms with Gasteiger partial charge in [-0.2, -0.15) is 0 Å². The molecule has 0 aliphatic carbocycles. The van der Waals surface area contributed by atoms with Gasteiger partial charge in [0.25, 0.3) is 0 Å². The van der Waals surface area contributed by atoms with Crippen molar-refractivity contribution in [1.82, 2.24) is 9.97 Å². The summed E-state index contributed by atoms with van der Waals surface area (Å²) in [5.41, 5.74) is 6.10. The summed E-state index contributed by atoms with van der Waals surface area (Å²) in [5, 5.41) is 0. The molecule has 0 N–H and O–H groups in total. The molecule has 0 spiro atoms. The molecule has 4 heteroatoms. The quantitative estimate of drug-likeness (QED) is 0.195. The van der Waals surface area contributed by atoms with Crippen molar-refractivity contribution >= 4 is 17.3 Å². The average molecular weight is 608 g/mol. The molecular weight excluding hydrogens is 585 g/mol. The number of anilines is 3. The van der Waals surface area contributed by atoms with Crippen molar-refractivity contribution in [1.29, 1.82) is 0 Å². The topological polar surface area (TPSA) is 29.0 Å². The first kappa shape index (κ1) is 22.6. The maximum atomic E-state index is 5.04. The van der Waals surface area contributed by atoms with E-state index in [2.05, 4.69) is 60.4 Å². The number of aryl methyl sites for hydroxylation is 1. The van der Waals surface area contributed by atoms with E-state index in [9.17, 15) is 0 Å². The number of hydrogen-bond acceptors (Lipinski definition) is 3. The van der Waals surface area contributed by atoms with Crippen LogP contribution in [0.5, 0.6) is 0 Å². The van der Waals surface area contributed by atoms with Crippen LogP contribution in [-0.4, -0.2) is 9.97 Å². The number of hydrogen-bond donors (Lipinski definition) is 0. The van der Waals surface area contributed by atoms with Gasteiger partial charge in [-0.15, -0.1) is 35.9 Å². The van der Waals surface area contributed by atoms with Crippen molar-refractivity contribution in [2.24, 2.45) is 0 Å². The van der Waals surface area contributed by atoms with Crippen molar-refractivity contribution in [3.63, 3.8) is 0 Å². The Balaban J connectivity index is 0.00000259. The van der Waals surface area contributed by atoms with E-state index < -0.39 is 0 Å². The average Bonchev–Trinajstić information content (AvgIpc) is 2.86. The third kappa shape index (κ3) is 4.94. The van der Waals surface area contributed by atoms with Gasteiger partial charge in [0.15, 0.2) is 0 Å². The van der Waals surface area contributed by atoms with Crippen LogP contribution in [0.1, 0.15) is 5.56 Å². The van der Waals surface area contributed by atoms with Crippen molar-refractivity contribution in [3.05, 3.63) is 127 Å². The maximum Gasteiger partial charge on any atom is 0.139 e. The molecule has 0 unspecified atom stereocenters. The molecule has 164 valence electrons. The Bertz CT molecular complexity index is 1340. The van der Waals surface area contributed by atoms with Crippen molar-refractivity contribution in [3.8, 4) is 22.5 Å². The van der Waals surface area contributed by atoms with Gasteiger partial charge in [-0.1, -0.05) is 60.7 Å². The molecule has 0 amide bonds. The molecule has 5 rings (SSSR count). The molecule has 5 aromatic rings. The Morgan fingerprint density at radius 1 is 0.606 bits per heavy atom. The maximum absolute atomic E-state index is 5.04. The van der Waals surface area contributed by atoms with Crippen LogP contribution in [0.15, 0.2) is 115 Å². The fourth-order valence-corrected chi connectivity index (χ4v) is 3.77. The zero-order chi connectivity index (χ0) is 21.8. The molecular formula is C29H22N3Pt-. The van der Waals surface area contributed by atoms with Crippen LogP contribution >= 0.6 is 0 Å². The molecule has 0 aliphatic rings. The summed E-state index contributed by atoms with van der Waals surface area (Å²) in [7, 11) is 0. The molecule has 0 saturated carbocycles. The van der Waals surface area contributed by atoms with E-state index >= 15 is 0 Å². The molecule has 0 fully saturated rings. The summed E-state index contributed by atoms with van der Waals surface area (Å²) < 4.78 is 0. The third-order valence-electron chi connectivity index (χ3n) is 5.35. The summed E-state index contributed by atoms with van der Waals surface area (Å²) in [6.45, 7) is 2.11. The van der Waals surface area contributed by atoms with Crippen LogP contribution in [0, 0.1) is 13.0 Å². The van der Waals surface area contributed by atoms with Gasteiger partial charge in [-0.05, 0) is 48.5 Å². The molecule has 3 aromatic carbocycles. The number of pyridine rings is 2. The Hall–Kier alpha value is -3.55. The van der Waals surface area contributed by atoms with E-state index in [1.54, 1.807) is 0 Å². The van der Waals surface area contributed by atoms with Crippen LogP contribution < -0.4 is 4.90 Å². The van der Waals surface area contributed by atoms with Gasteiger partial charge < -0.3 is 0 Å². The molecule has 0 bridgehead atoms. The van der Waals surface area contributed by atoms with Crippen LogP contribution in [0.25, 0.3) is 22.5 Å². The first-order valence-corrected chi connectivity index (χ1v) is 10.6. The second kappa shape index (κ2) is 10.4. The van der Waals surface area contributed by atoms with E-state index in [0.717, 1.165) is 39.8 Å². The first-order valence-electron chi connectivity index (χ1n) is 10.6. The molecule has 0 saturated heterocycles. The second-order valence-electron chi connectivity index (χ2n) is 7.52. The van der Waals surface area contributed by atoms with E-state index in [1.807, 2.05) is 72.8 Å². The Morgan fingerprint density at radius 2 is 1.24 bits per heavy atom. The molecule has 0 atom stereocenters. The molecule has 0 aliphatic heterocycles. The SMILES string of the molecule is Cc1ccccc1-c1cccc(N(c2ccccc2)c2cccc(-c3[c-]cccc3)n2)n1.[Pt]. The predicted molar refractivity (Wildman–Crippen MR) is 131 cm³/mol. The minimum Gasteiger partial charge on any atom is -0.280 e. The van der Waals surface area contributed by atoms with Crippen LogP contribution in [0.2, 0.25) is 0 Å². The number of aromatic nitrogens is 2. The largest absolute Gasteiger partial charge is 0.280 e. The molecule has 0 radical (unpaired) electrons. The van der Waals surface area contributed by atoms with Gasteiger partial charge in [0.1, 0.15) is 11.6 Å². The number of benzene rings is 3. The minimum atomic E-state index is 0. The monoisotopic (exact) mass is 607 g/mol. The second-order valence-corrected chi connectivity index (χ2v) is 7.52. The number of rotatable bonds is 5. The van der Waals surface area contributed by atoms with Crippen molar-refractivity contribution < 1.29 is 21.1 Å². The fraction of sp³-hybridized carbons (Fsp3) is 0.0345. The van der Waals surface area contributed by atoms with Gasteiger partial charge in [0.2, 0.25) is 0 Å².